The molecule has 1 atom stereocenters. The van der Waals surface area contributed by atoms with Gasteiger partial charge in [0.2, 0.25) is 0 Å². The van der Waals surface area contributed by atoms with Gasteiger partial charge in [-0.05, 0) is 19.5 Å². The van der Waals surface area contributed by atoms with E-state index in [1.807, 2.05) is 6.07 Å². The van der Waals surface area contributed by atoms with Crippen molar-refractivity contribution in [1.29, 1.82) is 0 Å². The minimum Gasteiger partial charge on any atom is -0.365 e. The first-order valence-electron chi connectivity index (χ1n) is 6.49. The summed E-state index contributed by atoms with van der Waals surface area (Å²) in [5.74, 6) is 0.822. The highest BCUT2D eigenvalue weighted by atomic mass is 15.1. The van der Waals surface area contributed by atoms with Crippen molar-refractivity contribution in [3.05, 3.63) is 54.5 Å². The first kappa shape index (κ1) is 13.5. The van der Waals surface area contributed by atoms with Gasteiger partial charge >= 0.3 is 0 Å². The second-order valence-corrected chi connectivity index (χ2v) is 4.82. The third-order valence-electron chi connectivity index (χ3n) is 2.84. The lowest BCUT2D eigenvalue weighted by molar-refractivity contribution is 0.316. The van der Waals surface area contributed by atoms with Crippen LogP contribution in [0.4, 0.5) is 5.82 Å². The molecule has 1 unspecified atom stereocenters. The van der Waals surface area contributed by atoms with Crippen molar-refractivity contribution in [2.45, 2.75) is 19.5 Å². The lowest BCUT2D eigenvalue weighted by Gasteiger charge is -2.22. The van der Waals surface area contributed by atoms with E-state index in [2.05, 4.69) is 58.4 Å². The number of nitrogens with zero attached hydrogens (tertiary/aromatic N) is 3. The van der Waals surface area contributed by atoms with Gasteiger partial charge in [0.15, 0.2) is 0 Å². The summed E-state index contributed by atoms with van der Waals surface area (Å²) in [7, 11) is 2.13. The summed E-state index contributed by atoms with van der Waals surface area (Å²) in [6.45, 7) is 4.05. The average molecular weight is 256 g/mol. The summed E-state index contributed by atoms with van der Waals surface area (Å²) in [5.41, 5.74) is 1.33. The Morgan fingerprint density at radius 2 is 2.00 bits per heavy atom. The summed E-state index contributed by atoms with van der Waals surface area (Å²) >= 11 is 0. The monoisotopic (exact) mass is 256 g/mol. The summed E-state index contributed by atoms with van der Waals surface area (Å²) in [4.78, 5) is 10.6. The van der Waals surface area contributed by atoms with Crippen molar-refractivity contribution in [2.24, 2.45) is 0 Å². The van der Waals surface area contributed by atoms with Crippen molar-refractivity contribution in [2.75, 3.05) is 18.9 Å². The molecule has 1 aromatic carbocycles. The third-order valence-corrected chi connectivity index (χ3v) is 2.84. The van der Waals surface area contributed by atoms with Gasteiger partial charge in [-0.15, -0.1) is 0 Å². The Kier molecular flexibility index (Phi) is 4.86. The molecular formula is C15H20N4. The zero-order chi connectivity index (χ0) is 13.5. The van der Waals surface area contributed by atoms with Crippen LogP contribution in [-0.4, -0.2) is 34.5 Å². The van der Waals surface area contributed by atoms with Gasteiger partial charge in [-0.3, -0.25) is 4.98 Å². The molecule has 0 radical (unpaired) electrons. The molecule has 0 amide bonds. The first-order chi connectivity index (χ1) is 9.24. The third kappa shape index (κ3) is 4.67. The molecule has 4 nitrogen and oxygen atoms in total. The van der Waals surface area contributed by atoms with E-state index in [1.165, 1.54) is 5.56 Å². The summed E-state index contributed by atoms with van der Waals surface area (Å²) in [6, 6.07) is 10.8. The van der Waals surface area contributed by atoms with Crippen LogP contribution in [0.3, 0.4) is 0 Å². The molecule has 4 heteroatoms. The Balaban J connectivity index is 1.80. The molecule has 0 aliphatic rings. The van der Waals surface area contributed by atoms with Crippen LogP contribution in [0.5, 0.6) is 0 Å². The predicted molar refractivity (Wildman–Crippen MR) is 77.9 cm³/mol. The number of anilines is 1. The fourth-order valence-corrected chi connectivity index (χ4v) is 2.10. The van der Waals surface area contributed by atoms with Gasteiger partial charge in [-0.25, -0.2) is 4.98 Å². The van der Waals surface area contributed by atoms with E-state index < -0.39 is 0 Å². The van der Waals surface area contributed by atoms with E-state index in [1.54, 1.807) is 18.6 Å². The van der Waals surface area contributed by atoms with Crippen LogP contribution in [0.1, 0.15) is 12.5 Å². The smallest absolute Gasteiger partial charge is 0.144 e. The Hall–Kier alpha value is -1.94. The quantitative estimate of drug-likeness (QED) is 0.861. The van der Waals surface area contributed by atoms with E-state index in [0.717, 1.165) is 18.9 Å². The molecule has 0 aliphatic carbocycles. The normalized spacial score (nSPS) is 12.4. The van der Waals surface area contributed by atoms with Gasteiger partial charge in [0.05, 0.1) is 6.20 Å². The molecule has 1 heterocycles. The molecule has 0 aliphatic heterocycles. The maximum Gasteiger partial charge on any atom is 0.144 e. The van der Waals surface area contributed by atoms with Crippen LogP contribution in [0.25, 0.3) is 0 Å². The molecule has 2 aromatic rings. The average Bonchev–Trinajstić information content (AvgIpc) is 2.40. The summed E-state index contributed by atoms with van der Waals surface area (Å²) in [6.07, 6.45) is 5.12. The van der Waals surface area contributed by atoms with E-state index in [4.69, 9.17) is 0 Å². The maximum absolute atomic E-state index is 4.22. The Morgan fingerprint density at radius 3 is 2.68 bits per heavy atom. The van der Waals surface area contributed by atoms with Crippen LogP contribution in [0.15, 0.2) is 48.9 Å². The molecule has 1 aromatic heterocycles. The second-order valence-electron chi connectivity index (χ2n) is 4.82. The molecule has 0 saturated heterocycles. The molecule has 19 heavy (non-hydrogen) atoms. The van der Waals surface area contributed by atoms with Gasteiger partial charge in [0.1, 0.15) is 5.82 Å². The van der Waals surface area contributed by atoms with Crippen LogP contribution < -0.4 is 5.32 Å². The molecule has 100 valence electrons. The number of hydrogen-bond donors (Lipinski definition) is 1. The molecule has 0 bridgehead atoms. The van der Waals surface area contributed by atoms with E-state index in [9.17, 15) is 0 Å². The zero-order valence-corrected chi connectivity index (χ0v) is 11.5. The fourth-order valence-electron chi connectivity index (χ4n) is 2.10. The minimum absolute atomic E-state index is 0.324. The standard InChI is InChI=1S/C15H20N4/c1-13(18-15-10-16-8-9-17-15)11-19(2)12-14-6-4-3-5-7-14/h3-10,13H,11-12H2,1-2H3,(H,17,18). The van der Waals surface area contributed by atoms with E-state index in [-0.39, 0.29) is 0 Å². The largest absolute Gasteiger partial charge is 0.365 e. The number of likely N-dealkylation sites (N-methyl/N-ethyl adjacent to an activating group) is 1. The number of benzene rings is 1. The van der Waals surface area contributed by atoms with E-state index >= 15 is 0 Å². The van der Waals surface area contributed by atoms with Crippen molar-refractivity contribution in [1.82, 2.24) is 14.9 Å². The maximum atomic E-state index is 4.22. The van der Waals surface area contributed by atoms with Crippen molar-refractivity contribution in [3.63, 3.8) is 0 Å². The number of aromatic nitrogens is 2. The van der Waals surface area contributed by atoms with E-state index in [0.29, 0.717) is 6.04 Å². The lowest BCUT2D eigenvalue weighted by Crippen LogP contribution is -2.32. The number of nitrogens with one attached hydrogen (secondary N) is 1. The van der Waals surface area contributed by atoms with Crippen molar-refractivity contribution in [3.8, 4) is 0 Å². The Bertz CT molecular complexity index is 427. The van der Waals surface area contributed by atoms with Crippen LogP contribution in [-0.2, 0) is 6.54 Å². The van der Waals surface area contributed by atoms with Gasteiger partial charge in [0, 0.05) is 31.5 Å². The van der Waals surface area contributed by atoms with Crippen molar-refractivity contribution >= 4 is 5.82 Å². The molecule has 0 fully saturated rings. The van der Waals surface area contributed by atoms with Gasteiger partial charge in [-0.2, -0.15) is 0 Å². The van der Waals surface area contributed by atoms with Crippen molar-refractivity contribution < 1.29 is 0 Å². The van der Waals surface area contributed by atoms with Crippen LogP contribution in [0, 0.1) is 0 Å². The lowest BCUT2D eigenvalue weighted by atomic mass is 10.2. The summed E-state index contributed by atoms with van der Waals surface area (Å²) in [5, 5.41) is 3.34. The topological polar surface area (TPSA) is 41.0 Å². The van der Waals surface area contributed by atoms with Gasteiger partial charge in [-0.1, -0.05) is 30.3 Å². The highest BCUT2D eigenvalue weighted by Gasteiger charge is 2.07. The minimum atomic E-state index is 0.324. The molecule has 0 spiro atoms. The number of hydrogen-bond acceptors (Lipinski definition) is 4. The molecular weight excluding hydrogens is 236 g/mol. The Morgan fingerprint density at radius 1 is 1.21 bits per heavy atom. The highest BCUT2D eigenvalue weighted by molar-refractivity contribution is 5.31. The molecule has 2 rings (SSSR count). The highest BCUT2D eigenvalue weighted by Crippen LogP contribution is 2.05. The van der Waals surface area contributed by atoms with Crippen LogP contribution in [0.2, 0.25) is 0 Å². The van der Waals surface area contributed by atoms with Crippen LogP contribution >= 0.6 is 0 Å². The summed E-state index contributed by atoms with van der Waals surface area (Å²) < 4.78 is 0. The second kappa shape index (κ2) is 6.85. The molecule has 0 saturated carbocycles. The molecule has 1 N–H and O–H groups in total. The van der Waals surface area contributed by atoms with Gasteiger partial charge < -0.3 is 10.2 Å². The predicted octanol–water partition coefficient (Wildman–Crippen LogP) is 2.41. The first-order valence-corrected chi connectivity index (χ1v) is 6.49. The Labute approximate surface area is 114 Å². The number of rotatable bonds is 6. The SMILES string of the molecule is CC(CN(C)Cc1ccccc1)Nc1cnccn1. The van der Waals surface area contributed by atoms with Gasteiger partial charge in [0.25, 0.3) is 0 Å². The zero-order valence-electron chi connectivity index (χ0n) is 11.5. The fraction of sp³-hybridized carbons (Fsp3) is 0.333.